The van der Waals surface area contributed by atoms with Crippen molar-refractivity contribution in [2.24, 2.45) is 0 Å². The number of aliphatic hydroxyl groups is 1. The standard InChI is InChI=1S/C21H17NO4S/c22-10-17-18(16-5-6-19-20(9-16)25-8-7-24-19)13-27-21(17)26-12-15-3-1-14(11-23)2-4-15/h1-6,9,13,23H,7-8,11-12H2. The molecule has 2 heterocycles. The summed E-state index contributed by atoms with van der Waals surface area (Å²) >= 11 is 1.40. The fourth-order valence-corrected chi connectivity index (χ4v) is 3.74. The molecular weight excluding hydrogens is 362 g/mol. The molecule has 136 valence electrons. The quantitative estimate of drug-likeness (QED) is 0.722. The zero-order chi connectivity index (χ0) is 18.6. The number of rotatable bonds is 5. The van der Waals surface area contributed by atoms with E-state index < -0.39 is 0 Å². The number of fused-ring (bicyclic) bond motifs is 1. The van der Waals surface area contributed by atoms with Crippen LogP contribution in [0.5, 0.6) is 16.6 Å². The second kappa shape index (κ2) is 7.70. The molecule has 0 amide bonds. The molecule has 27 heavy (non-hydrogen) atoms. The molecule has 0 bridgehead atoms. The van der Waals surface area contributed by atoms with E-state index in [-0.39, 0.29) is 6.61 Å². The van der Waals surface area contributed by atoms with Gasteiger partial charge in [0.25, 0.3) is 0 Å². The summed E-state index contributed by atoms with van der Waals surface area (Å²) in [6.45, 7) is 1.45. The number of benzene rings is 2. The van der Waals surface area contributed by atoms with Gasteiger partial charge in [-0.3, -0.25) is 0 Å². The smallest absolute Gasteiger partial charge is 0.192 e. The van der Waals surface area contributed by atoms with Crippen molar-refractivity contribution in [2.75, 3.05) is 13.2 Å². The molecule has 1 aliphatic rings. The Hall–Kier alpha value is -3.01. The van der Waals surface area contributed by atoms with Crippen molar-refractivity contribution in [1.29, 1.82) is 5.26 Å². The van der Waals surface area contributed by atoms with Crippen LogP contribution in [-0.4, -0.2) is 18.3 Å². The van der Waals surface area contributed by atoms with Crippen molar-refractivity contribution in [1.82, 2.24) is 0 Å². The van der Waals surface area contributed by atoms with E-state index >= 15 is 0 Å². The SMILES string of the molecule is N#Cc1c(-c2ccc3c(c2)OCCO3)csc1OCc1ccc(CO)cc1. The largest absolute Gasteiger partial charge is 0.486 e. The molecule has 0 fully saturated rings. The van der Waals surface area contributed by atoms with E-state index in [1.54, 1.807) is 0 Å². The van der Waals surface area contributed by atoms with E-state index in [0.717, 1.165) is 28.0 Å². The van der Waals surface area contributed by atoms with Crippen LogP contribution in [0.15, 0.2) is 47.8 Å². The maximum Gasteiger partial charge on any atom is 0.192 e. The van der Waals surface area contributed by atoms with E-state index in [4.69, 9.17) is 19.3 Å². The lowest BCUT2D eigenvalue weighted by Gasteiger charge is -2.18. The minimum absolute atomic E-state index is 0.0174. The van der Waals surface area contributed by atoms with Crippen molar-refractivity contribution in [3.8, 4) is 33.8 Å². The van der Waals surface area contributed by atoms with Gasteiger partial charge in [-0.2, -0.15) is 5.26 Å². The Bertz CT molecular complexity index is 988. The molecule has 0 spiro atoms. The fourth-order valence-electron chi connectivity index (χ4n) is 2.87. The molecule has 3 aromatic rings. The van der Waals surface area contributed by atoms with Crippen molar-refractivity contribution >= 4 is 11.3 Å². The van der Waals surface area contributed by atoms with Crippen LogP contribution in [0.2, 0.25) is 0 Å². The highest BCUT2D eigenvalue weighted by Gasteiger charge is 2.18. The van der Waals surface area contributed by atoms with E-state index in [1.165, 1.54) is 11.3 Å². The van der Waals surface area contributed by atoms with E-state index in [9.17, 15) is 5.26 Å². The van der Waals surface area contributed by atoms with Crippen LogP contribution in [0.3, 0.4) is 0 Å². The highest BCUT2D eigenvalue weighted by molar-refractivity contribution is 7.12. The molecule has 5 nitrogen and oxygen atoms in total. The first kappa shape index (κ1) is 17.4. The lowest BCUT2D eigenvalue weighted by Crippen LogP contribution is -2.15. The van der Waals surface area contributed by atoms with E-state index in [1.807, 2.05) is 47.8 Å². The van der Waals surface area contributed by atoms with Gasteiger partial charge in [0.05, 0.1) is 6.61 Å². The number of hydrogen-bond acceptors (Lipinski definition) is 6. The number of aliphatic hydroxyl groups excluding tert-OH is 1. The zero-order valence-corrected chi connectivity index (χ0v) is 15.3. The summed E-state index contributed by atoms with van der Waals surface area (Å²) in [6, 6.07) is 15.5. The normalized spacial score (nSPS) is 12.4. The van der Waals surface area contributed by atoms with E-state index in [0.29, 0.717) is 36.2 Å². The van der Waals surface area contributed by atoms with Crippen LogP contribution in [-0.2, 0) is 13.2 Å². The minimum atomic E-state index is 0.0174. The summed E-state index contributed by atoms with van der Waals surface area (Å²) in [4.78, 5) is 0. The second-order valence-electron chi connectivity index (χ2n) is 6.05. The fraction of sp³-hybridized carbons (Fsp3) is 0.190. The molecule has 0 unspecified atom stereocenters. The van der Waals surface area contributed by atoms with Gasteiger partial charge in [-0.1, -0.05) is 30.3 Å². The Kier molecular flexibility index (Phi) is 4.97. The molecule has 0 saturated heterocycles. The van der Waals surface area contributed by atoms with E-state index in [2.05, 4.69) is 6.07 Å². The summed E-state index contributed by atoms with van der Waals surface area (Å²) in [5.41, 5.74) is 4.07. The topological polar surface area (TPSA) is 71.7 Å². The molecular formula is C21H17NO4S. The van der Waals surface area contributed by atoms with Crippen LogP contribution >= 0.6 is 11.3 Å². The number of thiophene rings is 1. The van der Waals surface area contributed by atoms with Crippen LogP contribution in [0.25, 0.3) is 11.1 Å². The predicted octanol–water partition coefficient (Wildman–Crippen LogP) is 4.13. The third-order valence-electron chi connectivity index (χ3n) is 4.30. The third-order valence-corrected chi connectivity index (χ3v) is 5.19. The van der Waals surface area contributed by atoms with Crippen molar-refractivity contribution in [3.63, 3.8) is 0 Å². The lowest BCUT2D eigenvalue weighted by atomic mass is 10.0. The maximum absolute atomic E-state index is 9.65. The number of nitriles is 1. The van der Waals surface area contributed by atoms with Gasteiger partial charge >= 0.3 is 0 Å². The highest BCUT2D eigenvalue weighted by atomic mass is 32.1. The van der Waals surface area contributed by atoms with Gasteiger partial charge in [0, 0.05) is 10.9 Å². The molecule has 0 saturated carbocycles. The van der Waals surface area contributed by atoms with Crippen molar-refractivity contribution in [3.05, 3.63) is 64.5 Å². The number of ether oxygens (including phenoxy) is 3. The number of nitrogens with zero attached hydrogens (tertiary/aromatic N) is 1. The van der Waals surface area contributed by atoms with Crippen LogP contribution in [0.1, 0.15) is 16.7 Å². The summed E-state index contributed by atoms with van der Waals surface area (Å²) in [5.74, 6) is 1.42. The molecule has 1 aliphatic heterocycles. The third kappa shape index (κ3) is 3.61. The summed E-state index contributed by atoms with van der Waals surface area (Å²) in [7, 11) is 0. The molecule has 0 atom stereocenters. The molecule has 2 aromatic carbocycles. The van der Waals surface area contributed by atoms with Crippen LogP contribution in [0, 0.1) is 11.3 Å². The molecule has 0 radical (unpaired) electrons. The number of hydrogen-bond donors (Lipinski definition) is 1. The zero-order valence-electron chi connectivity index (χ0n) is 14.5. The molecule has 6 heteroatoms. The average molecular weight is 379 g/mol. The monoisotopic (exact) mass is 379 g/mol. The van der Waals surface area contributed by atoms with Crippen LogP contribution in [0.4, 0.5) is 0 Å². The van der Waals surface area contributed by atoms with Gasteiger partial charge in [-0.15, -0.1) is 11.3 Å². The Balaban J connectivity index is 1.55. The maximum atomic E-state index is 9.65. The van der Waals surface area contributed by atoms with Crippen molar-refractivity contribution in [2.45, 2.75) is 13.2 Å². The lowest BCUT2D eigenvalue weighted by molar-refractivity contribution is 0.171. The first-order valence-corrected chi connectivity index (χ1v) is 9.39. The summed E-state index contributed by atoms with van der Waals surface area (Å²) in [6.07, 6.45) is 0. The Morgan fingerprint density at radius 1 is 1.04 bits per heavy atom. The first-order valence-electron chi connectivity index (χ1n) is 8.51. The summed E-state index contributed by atoms with van der Waals surface area (Å²) in [5, 5.41) is 21.3. The van der Waals surface area contributed by atoms with Gasteiger partial charge in [-0.25, -0.2) is 0 Å². The van der Waals surface area contributed by atoms with Crippen molar-refractivity contribution < 1.29 is 19.3 Å². The average Bonchev–Trinajstić information content (AvgIpc) is 3.15. The Labute approximate surface area is 161 Å². The van der Waals surface area contributed by atoms with Gasteiger partial charge in [0.2, 0.25) is 0 Å². The highest BCUT2D eigenvalue weighted by Crippen LogP contribution is 2.40. The van der Waals surface area contributed by atoms with Gasteiger partial charge in [0.15, 0.2) is 16.6 Å². The van der Waals surface area contributed by atoms with Crippen LogP contribution < -0.4 is 14.2 Å². The van der Waals surface area contributed by atoms with Gasteiger partial charge < -0.3 is 19.3 Å². The minimum Gasteiger partial charge on any atom is -0.486 e. The Morgan fingerprint density at radius 2 is 1.78 bits per heavy atom. The second-order valence-corrected chi connectivity index (χ2v) is 6.89. The molecule has 1 aromatic heterocycles. The summed E-state index contributed by atoms with van der Waals surface area (Å²) < 4.78 is 17.1. The first-order chi connectivity index (χ1) is 13.3. The molecule has 4 rings (SSSR count). The van der Waals surface area contributed by atoms with Gasteiger partial charge in [0.1, 0.15) is 31.5 Å². The van der Waals surface area contributed by atoms with Gasteiger partial charge in [-0.05, 0) is 28.8 Å². The Morgan fingerprint density at radius 3 is 2.52 bits per heavy atom. The molecule has 0 aliphatic carbocycles. The molecule has 1 N–H and O–H groups in total. The predicted molar refractivity (Wildman–Crippen MR) is 102 cm³/mol.